The Hall–Kier alpha value is -1.34. The van der Waals surface area contributed by atoms with E-state index in [2.05, 4.69) is 10.6 Å². The smallest absolute Gasteiger partial charge is 0.314 e. The average molecular weight is 274 g/mol. The minimum Gasteiger partial charge on any atom is -0.481 e. The Morgan fingerprint density at radius 3 is 2.58 bits per heavy atom. The molecule has 1 aliphatic heterocycles. The molecular formula is C12H22N2O5. The Balaban J connectivity index is 2.34. The van der Waals surface area contributed by atoms with Crippen LogP contribution in [0.25, 0.3) is 0 Å². The summed E-state index contributed by atoms with van der Waals surface area (Å²) in [6.07, 6.45) is 0.727. The molecule has 0 saturated carbocycles. The third kappa shape index (κ3) is 4.36. The topological polar surface area (TPSA) is 96.9 Å². The van der Waals surface area contributed by atoms with Gasteiger partial charge in [0.15, 0.2) is 0 Å². The summed E-state index contributed by atoms with van der Waals surface area (Å²) in [5.74, 6) is -0.953. The van der Waals surface area contributed by atoms with Gasteiger partial charge < -0.3 is 25.2 Å². The molecule has 0 bridgehead atoms. The zero-order valence-electron chi connectivity index (χ0n) is 11.6. The van der Waals surface area contributed by atoms with Crippen LogP contribution < -0.4 is 10.6 Å². The van der Waals surface area contributed by atoms with Crippen LogP contribution in [0.1, 0.15) is 20.3 Å². The molecule has 2 amide bonds. The van der Waals surface area contributed by atoms with E-state index in [4.69, 9.17) is 14.6 Å². The van der Waals surface area contributed by atoms with Crippen LogP contribution in [0.15, 0.2) is 0 Å². The van der Waals surface area contributed by atoms with E-state index in [1.807, 2.05) is 0 Å². The standard InChI is InChI=1S/C12H22N2O5/c1-11(2,9(15)16)6-13-10(17)14-7-12(18-3)4-5-19-8-12/h4-8H2,1-3H3,(H,15,16)(H2,13,14,17). The number of carboxylic acids is 1. The van der Waals surface area contributed by atoms with E-state index >= 15 is 0 Å². The molecule has 3 N–H and O–H groups in total. The fraction of sp³-hybridized carbons (Fsp3) is 0.833. The van der Waals surface area contributed by atoms with Crippen LogP contribution in [0.2, 0.25) is 0 Å². The van der Waals surface area contributed by atoms with E-state index < -0.39 is 23.0 Å². The molecule has 1 rings (SSSR count). The number of carbonyl (C=O) groups is 2. The SMILES string of the molecule is COC1(CNC(=O)NCC(C)(C)C(=O)O)CCOC1. The van der Waals surface area contributed by atoms with E-state index in [1.54, 1.807) is 21.0 Å². The zero-order valence-corrected chi connectivity index (χ0v) is 11.6. The first-order chi connectivity index (χ1) is 8.81. The van der Waals surface area contributed by atoms with Crippen LogP contribution in [0.4, 0.5) is 4.79 Å². The highest BCUT2D eigenvalue weighted by molar-refractivity contribution is 5.77. The summed E-state index contributed by atoms with van der Waals surface area (Å²) < 4.78 is 10.6. The van der Waals surface area contributed by atoms with Gasteiger partial charge in [-0.2, -0.15) is 0 Å². The predicted octanol–water partition coefficient (Wildman–Crippen LogP) is 0.202. The quantitative estimate of drug-likeness (QED) is 0.643. The minimum absolute atomic E-state index is 0.0602. The molecule has 1 fully saturated rings. The zero-order chi connectivity index (χ0) is 14.5. The molecule has 7 nitrogen and oxygen atoms in total. The lowest BCUT2D eigenvalue weighted by Gasteiger charge is -2.26. The highest BCUT2D eigenvalue weighted by atomic mass is 16.5. The molecule has 1 heterocycles. The molecular weight excluding hydrogens is 252 g/mol. The van der Waals surface area contributed by atoms with Gasteiger partial charge in [-0.1, -0.05) is 0 Å². The van der Waals surface area contributed by atoms with Gasteiger partial charge in [-0.15, -0.1) is 0 Å². The maximum absolute atomic E-state index is 11.6. The van der Waals surface area contributed by atoms with Crippen molar-refractivity contribution in [3.8, 4) is 0 Å². The number of hydrogen-bond donors (Lipinski definition) is 3. The fourth-order valence-corrected chi connectivity index (χ4v) is 1.64. The lowest BCUT2D eigenvalue weighted by atomic mass is 9.94. The Morgan fingerprint density at radius 2 is 2.11 bits per heavy atom. The van der Waals surface area contributed by atoms with Crippen LogP contribution in [-0.2, 0) is 14.3 Å². The minimum atomic E-state index is -0.993. The van der Waals surface area contributed by atoms with Crippen molar-refractivity contribution in [3.63, 3.8) is 0 Å². The number of methoxy groups -OCH3 is 1. The second-order valence-corrected chi connectivity index (χ2v) is 5.41. The number of carboxylic acid groups (broad SMARTS) is 1. The molecule has 0 aromatic heterocycles. The molecule has 1 atom stereocenters. The van der Waals surface area contributed by atoms with Gasteiger partial charge in [0, 0.05) is 26.7 Å². The first-order valence-electron chi connectivity index (χ1n) is 6.19. The highest BCUT2D eigenvalue weighted by Crippen LogP contribution is 2.21. The van der Waals surface area contributed by atoms with Crippen molar-refractivity contribution < 1.29 is 24.2 Å². The third-order valence-electron chi connectivity index (χ3n) is 3.34. The number of rotatable bonds is 6. The van der Waals surface area contributed by atoms with Gasteiger partial charge in [0.05, 0.1) is 18.6 Å². The first kappa shape index (κ1) is 15.7. The van der Waals surface area contributed by atoms with Crippen LogP contribution >= 0.6 is 0 Å². The molecule has 110 valence electrons. The van der Waals surface area contributed by atoms with Gasteiger partial charge in [0.1, 0.15) is 5.60 Å². The second kappa shape index (κ2) is 6.21. The van der Waals surface area contributed by atoms with Crippen molar-refractivity contribution in [1.29, 1.82) is 0 Å². The van der Waals surface area contributed by atoms with Crippen molar-refractivity contribution >= 4 is 12.0 Å². The van der Waals surface area contributed by atoms with Gasteiger partial charge in [-0.05, 0) is 13.8 Å². The largest absolute Gasteiger partial charge is 0.481 e. The second-order valence-electron chi connectivity index (χ2n) is 5.41. The molecule has 1 saturated heterocycles. The number of ether oxygens (including phenoxy) is 2. The van der Waals surface area contributed by atoms with Crippen LogP contribution in [0, 0.1) is 5.41 Å². The highest BCUT2D eigenvalue weighted by Gasteiger charge is 2.35. The van der Waals surface area contributed by atoms with Gasteiger partial charge in [-0.3, -0.25) is 4.79 Å². The summed E-state index contributed by atoms with van der Waals surface area (Å²) in [5.41, 5.74) is -1.47. The summed E-state index contributed by atoms with van der Waals surface area (Å²) in [5, 5.41) is 14.1. The number of amides is 2. The van der Waals surface area contributed by atoms with Gasteiger partial charge in [0.25, 0.3) is 0 Å². The lowest BCUT2D eigenvalue weighted by molar-refractivity contribution is -0.146. The molecule has 0 aromatic carbocycles. The maximum atomic E-state index is 11.6. The third-order valence-corrected chi connectivity index (χ3v) is 3.34. The molecule has 7 heteroatoms. The molecule has 19 heavy (non-hydrogen) atoms. The summed E-state index contributed by atoms with van der Waals surface area (Å²) in [6, 6.07) is -0.405. The Bertz CT molecular complexity index is 337. The van der Waals surface area contributed by atoms with Gasteiger partial charge in [-0.25, -0.2) is 4.79 Å². The monoisotopic (exact) mass is 274 g/mol. The summed E-state index contributed by atoms with van der Waals surface area (Å²) in [6.45, 7) is 4.56. The molecule has 0 radical (unpaired) electrons. The van der Waals surface area contributed by atoms with Crippen LogP contribution in [-0.4, -0.2) is 56.1 Å². The molecule has 0 aliphatic carbocycles. The Kier molecular flexibility index (Phi) is 5.13. The number of carbonyl (C=O) groups excluding carboxylic acids is 1. The van der Waals surface area contributed by atoms with Crippen molar-refractivity contribution in [1.82, 2.24) is 10.6 Å². The molecule has 0 aromatic rings. The predicted molar refractivity (Wildman–Crippen MR) is 68.0 cm³/mol. The number of nitrogens with one attached hydrogen (secondary N) is 2. The lowest BCUT2D eigenvalue weighted by Crippen LogP contribution is -2.50. The van der Waals surface area contributed by atoms with Crippen LogP contribution in [0.3, 0.4) is 0 Å². The Labute approximate surface area is 112 Å². The number of urea groups is 1. The molecule has 1 aliphatic rings. The van der Waals surface area contributed by atoms with E-state index in [0.717, 1.165) is 6.42 Å². The fourth-order valence-electron chi connectivity index (χ4n) is 1.64. The van der Waals surface area contributed by atoms with E-state index in [9.17, 15) is 9.59 Å². The maximum Gasteiger partial charge on any atom is 0.314 e. The number of hydrogen-bond acceptors (Lipinski definition) is 4. The van der Waals surface area contributed by atoms with Gasteiger partial charge >= 0.3 is 12.0 Å². The van der Waals surface area contributed by atoms with E-state index in [0.29, 0.717) is 19.8 Å². The van der Waals surface area contributed by atoms with E-state index in [1.165, 1.54) is 0 Å². The van der Waals surface area contributed by atoms with E-state index in [-0.39, 0.29) is 6.54 Å². The van der Waals surface area contributed by atoms with Crippen LogP contribution in [0.5, 0.6) is 0 Å². The summed E-state index contributed by atoms with van der Waals surface area (Å²) in [4.78, 5) is 22.5. The Morgan fingerprint density at radius 1 is 1.42 bits per heavy atom. The molecule has 1 unspecified atom stereocenters. The summed E-state index contributed by atoms with van der Waals surface area (Å²) >= 11 is 0. The average Bonchev–Trinajstić information content (AvgIpc) is 2.83. The summed E-state index contributed by atoms with van der Waals surface area (Å²) in [7, 11) is 1.59. The van der Waals surface area contributed by atoms with Crippen molar-refractivity contribution in [2.45, 2.75) is 25.9 Å². The number of aliphatic carboxylic acids is 1. The van der Waals surface area contributed by atoms with Gasteiger partial charge in [0.2, 0.25) is 0 Å². The van der Waals surface area contributed by atoms with Crippen molar-refractivity contribution in [3.05, 3.63) is 0 Å². The van der Waals surface area contributed by atoms with Crippen molar-refractivity contribution in [2.24, 2.45) is 5.41 Å². The molecule has 0 spiro atoms. The normalized spacial score (nSPS) is 23.1. The van der Waals surface area contributed by atoms with Crippen molar-refractivity contribution in [2.75, 3.05) is 33.4 Å². The first-order valence-corrected chi connectivity index (χ1v) is 6.19.